The lowest BCUT2D eigenvalue weighted by atomic mass is 10.1. The van der Waals surface area contributed by atoms with Gasteiger partial charge in [-0.2, -0.15) is 0 Å². The maximum absolute atomic E-state index is 12.9. The van der Waals surface area contributed by atoms with Gasteiger partial charge in [-0.15, -0.1) is 11.8 Å². The SMILES string of the molecule is CC(Sc1cccc(NC(=O)c2ccc3ccccc3c2)c1)C(=O)Nc1ccc(-c2nc3ccccc3o2)cc1. The molecule has 0 aliphatic rings. The van der Waals surface area contributed by atoms with Gasteiger partial charge in [0.25, 0.3) is 5.91 Å². The van der Waals surface area contributed by atoms with Crippen molar-refractivity contribution in [1.29, 1.82) is 0 Å². The van der Waals surface area contributed by atoms with E-state index >= 15 is 0 Å². The molecule has 0 bridgehead atoms. The van der Waals surface area contributed by atoms with Crippen LogP contribution in [0.2, 0.25) is 0 Å². The van der Waals surface area contributed by atoms with E-state index in [2.05, 4.69) is 15.6 Å². The molecular formula is C33H25N3O3S. The molecule has 2 amide bonds. The molecule has 6 nitrogen and oxygen atoms in total. The largest absolute Gasteiger partial charge is 0.436 e. The molecule has 2 N–H and O–H groups in total. The van der Waals surface area contributed by atoms with Crippen LogP contribution in [0.1, 0.15) is 17.3 Å². The molecule has 7 heteroatoms. The summed E-state index contributed by atoms with van der Waals surface area (Å²) in [5, 5.41) is 7.68. The summed E-state index contributed by atoms with van der Waals surface area (Å²) in [6, 6.07) is 36.1. The summed E-state index contributed by atoms with van der Waals surface area (Å²) < 4.78 is 5.83. The molecule has 0 spiro atoms. The number of oxazole rings is 1. The van der Waals surface area contributed by atoms with Gasteiger partial charge in [0.15, 0.2) is 5.58 Å². The molecule has 0 fully saturated rings. The van der Waals surface area contributed by atoms with Crippen molar-refractivity contribution in [2.75, 3.05) is 10.6 Å². The number of amides is 2. The summed E-state index contributed by atoms with van der Waals surface area (Å²) in [6.45, 7) is 1.85. The van der Waals surface area contributed by atoms with E-state index in [4.69, 9.17) is 4.42 Å². The lowest BCUT2D eigenvalue weighted by molar-refractivity contribution is -0.115. The van der Waals surface area contributed by atoms with E-state index in [1.807, 2.05) is 122 Å². The van der Waals surface area contributed by atoms with Crippen molar-refractivity contribution in [1.82, 2.24) is 4.98 Å². The molecule has 0 radical (unpaired) electrons. The van der Waals surface area contributed by atoms with Crippen LogP contribution in [0, 0.1) is 0 Å². The summed E-state index contributed by atoms with van der Waals surface area (Å²) in [4.78, 5) is 31.2. The number of thioether (sulfide) groups is 1. The quantitative estimate of drug-likeness (QED) is 0.199. The summed E-state index contributed by atoms with van der Waals surface area (Å²) in [6.07, 6.45) is 0. The van der Waals surface area contributed by atoms with Gasteiger partial charge in [-0.1, -0.05) is 48.5 Å². The fourth-order valence-electron chi connectivity index (χ4n) is 4.37. The summed E-state index contributed by atoms with van der Waals surface area (Å²) in [7, 11) is 0. The lowest BCUT2D eigenvalue weighted by Gasteiger charge is -2.13. The number of benzene rings is 5. The first-order chi connectivity index (χ1) is 19.5. The molecule has 0 saturated heterocycles. The normalized spacial score (nSPS) is 11.8. The van der Waals surface area contributed by atoms with Crippen molar-refractivity contribution in [2.45, 2.75) is 17.1 Å². The first-order valence-electron chi connectivity index (χ1n) is 12.9. The summed E-state index contributed by atoms with van der Waals surface area (Å²) >= 11 is 1.42. The molecule has 196 valence electrons. The Kier molecular flexibility index (Phi) is 7.04. The number of nitrogens with zero attached hydrogens (tertiary/aromatic N) is 1. The minimum Gasteiger partial charge on any atom is -0.436 e. The second-order valence-corrected chi connectivity index (χ2v) is 10.8. The van der Waals surface area contributed by atoms with Gasteiger partial charge in [0, 0.05) is 27.4 Å². The predicted octanol–water partition coefficient (Wildman–Crippen LogP) is 8.02. The number of aromatic nitrogens is 1. The molecule has 1 unspecified atom stereocenters. The minimum atomic E-state index is -0.358. The Balaban J connectivity index is 1.07. The van der Waals surface area contributed by atoms with Crippen molar-refractivity contribution in [3.05, 3.63) is 121 Å². The van der Waals surface area contributed by atoms with Gasteiger partial charge in [0.1, 0.15) is 5.52 Å². The van der Waals surface area contributed by atoms with Crippen molar-refractivity contribution in [3.63, 3.8) is 0 Å². The van der Waals surface area contributed by atoms with Crippen LogP contribution in [0.15, 0.2) is 125 Å². The number of anilines is 2. The predicted molar refractivity (Wildman–Crippen MR) is 162 cm³/mol. The van der Waals surface area contributed by atoms with Gasteiger partial charge in [-0.25, -0.2) is 4.98 Å². The van der Waals surface area contributed by atoms with E-state index in [1.165, 1.54) is 11.8 Å². The van der Waals surface area contributed by atoms with Crippen molar-refractivity contribution >= 4 is 56.8 Å². The Morgan fingerprint density at radius 2 is 1.52 bits per heavy atom. The number of rotatable bonds is 7. The van der Waals surface area contributed by atoms with E-state index in [0.717, 1.165) is 32.3 Å². The second kappa shape index (κ2) is 11.1. The number of carbonyl (C=O) groups excluding carboxylic acids is 2. The fourth-order valence-corrected chi connectivity index (χ4v) is 5.30. The van der Waals surface area contributed by atoms with E-state index in [1.54, 1.807) is 0 Å². The zero-order valence-electron chi connectivity index (χ0n) is 21.6. The highest BCUT2D eigenvalue weighted by Crippen LogP contribution is 2.28. The zero-order chi connectivity index (χ0) is 27.5. The third-order valence-corrected chi connectivity index (χ3v) is 7.57. The van der Waals surface area contributed by atoms with Gasteiger partial charge in [0.05, 0.1) is 5.25 Å². The Labute approximate surface area is 235 Å². The molecule has 0 saturated carbocycles. The van der Waals surface area contributed by atoms with Crippen LogP contribution < -0.4 is 10.6 Å². The average Bonchev–Trinajstić information content (AvgIpc) is 3.42. The fraction of sp³-hybridized carbons (Fsp3) is 0.0606. The van der Waals surface area contributed by atoms with Crippen LogP contribution in [-0.4, -0.2) is 22.0 Å². The number of nitrogens with one attached hydrogen (secondary N) is 2. The molecule has 1 aromatic heterocycles. The Morgan fingerprint density at radius 3 is 2.35 bits per heavy atom. The topological polar surface area (TPSA) is 84.2 Å². The van der Waals surface area contributed by atoms with Crippen LogP contribution in [0.4, 0.5) is 11.4 Å². The number of hydrogen-bond donors (Lipinski definition) is 2. The Morgan fingerprint density at radius 1 is 0.750 bits per heavy atom. The van der Waals surface area contributed by atoms with Crippen molar-refractivity contribution < 1.29 is 14.0 Å². The molecule has 5 aromatic carbocycles. The molecular weight excluding hydrogens is 518 g/mol. The second-order valence-electron chi connectivity index (χ2n) is 9.36. The smallest absolute Gasteiger partial charge is 0.255 e. The average molecular weight is 544 g/mol. The Bertz CT molecular complexity index is 1810. The molecule has 1 heterocycles. The highest BCUT2D eigenvalue weighted by molar-refractivity contribution is 8.00. The van der Waals surface area contributed by atoms with Crippen LogP contribution in [0.5, 0.6) is 0 Å². The third-order valence-electron chi connectivity index (χ3n) is 6.48. The minimum absolute atomic E-state index is 0.120. The van der Waals surface area contributed by atoms with Crippen LogP contribution in [0.3, 0.4) is 0 Å². The standard InChI is InChI=1S/C33H25N3O3S/c1-21(31(37)34-26-17-15-23(16-18-26)33-36-29-11-4-5-12-30(29)39-33)40-28-10-6-9-27(20-28)35-32(38)25-14-13-22-7-2-3-8-24(22)19-25/h2-21H,1H3,(H,34,37)(H,35,38). The maximum atomic E-state index is 12.9. The zero-order valence-corrected chi connectivity index (χ0v) is 22.4. The molecule has 0 aliphatic heterocycles. The van der Waals surface area contributed by atoms with E-state index in [-0.39, 0.29) is 17.1 Å². The molecule has 6 rings (SSSR count). The van der Waals surface area contributed by atoms with Crippen molar-refractivity contribution in [2.24, 2.45) is 0 Å². The number of carbonyl (C=O) groups is 2. The molecule has 1 atom stereocenters. The lowest BCUT2D eigenvalue weighted by Crippen LogP contribution is -2.22. The third kappa shape index (κ3) is 5.60. The van der Waals surface area contributed by atoms with Gasteiger partial charge < -0.3 is 15.1 Å². The number of fused-ring (bicyclic) bond motifs is 2. The van der Waals surface area contributed by atoms with Crippen LogP contribution >= 0.6 is 11.8 Å². The first-order valence-corrected chi connectivity index (χ1v) is 13.7. The van der Waals surface area contributed by atoms with E-state index in [0.29, 0.717) is 22.8 Å². The highest BCUT2D eigenvalue weighted by atomic mass is 32.2. The van der Waals surface area contributed by atoms with E-state index < -0.39 is 0 Å². The summed E-state index contributed by atoms with van der Waals surface area (Å²) in [5.74, 6) is 0.237. The molecule has 40 heavy (non-hydrogen) atoms. The van der Waals surface area contributed by atoms with Gasteiger partial charge >= 0.3 is 0 Å². The number of para-hydroxylation sites is 2. The van der Waals surface area contributed by atoms with Crippen LogP contribution in [-0.2, 0) is 4.79 Å². The maximum Gasteiger partial charge on any atom is 0.255 e. The first kappa shape index (κ1) is 25.4. The number of hydrogen-bond acceptors (Lipinski definition) is 5. The Hall–Kier alpha value is -4.88. The van der Waals surface area contributed by atoms with Crippen molar-refractivity contribution in [3.8, 4) is 11.5 Å². The summed E-state index contributed by atoms with van der Waals surface area (Å²) in [5.41, 5.74) is 4.32. The van der Waals surface area contributed by atoms with Gasteiger partial charge in [0.2, 0.25) is 11.8 Å². The van der Waals surface area contributed by atoms with Gasteiger partial charge in [-0.3, -0.25) is 9.59 Å². The molecule has 0 aliphatic carbocycles. The highest BCUT2D eigenvalue weighted by Gasteiger charge is 2.16. The monoisotopic (exact) mass is 543 g/mol. The van der Waals surface area contributed by atoms with Gasteiger partial charge in [-0.05, 0) is 84.4 Å². The van der Waals surface area contributed by atoms with Crippen LogP contribution in [0.25, 0.3) is 33.3 Å². The van der Waals surface area contributed by atoms with E-state index in [9.17, 15) is 9.59 Å². The molecule has 6 aromatic rings.